The molecule has 4 nitrogen and oxygen atoms in total. The second kappa shape index (κ2) is 8.18. The Balaban J connectivity index is 1.25. The normalized spacial score (nSPS) is 11.0. The van der Waals surface area contributed by atoms with Gasteiger partial charge in [-0.15, -0.1) is 11.3 Å². The summed E-state index contributed by atoms with van der Waals surface area (Å²) in [6.07, 6.45) is 4.06. The summed E-state index contributed by atoms with van der Waals surface area (Å²) in [7, 11) is 0. The molecule has 0 saturated carbocycles. The van der Waals surface area contributed by atoms with Crippen LogP contribution >= 0.6 is 11.3 Å². The lowest BCUT2D eigenvalue weighted by atomic mass is 10.1. The number of hydrogen-bond acceptors (Lipinski definition) is 4. The highest BCUT2D eigenvalue weighted by atomic mass is 32.1. The van der Waals surface area contributed by atoms with Crippen LogP contribution in [0.1, 0.15) is 24.1 Å². The first-order valence-electron chi connectivity index (χ1n) is 9.00. The van der Waals surface area contributed by atoms with Crippen molar-refractivity contribution in [1.29, 1.82) is 0 Å². The number of hydrogen-bond donors (Lipinski definition) is 1. The molecule has 2 aromatic carbocycles. The third-order valence-corrected chi connectivity index (χ3v) is 5.40. The standard InChI is InChI=1S/C22H20N2O2S/c25-21(12-6-9-17-13-23-20-11-5-4-10-19(17)20)26-14-18-15-27-22(24-18)16-7-2-1-3-8-16/h1-5,7-8,10-11,13,15,23H,6,9,12,14H2. The summed E-state index contributed by atoms with van der Waals surface area (Å²) in [5.74, 6) is -0.177. The summed E-state index contributed by atoms with van der Waals surface area (Å²) in [4.78, 5) is 19.8. The molecule has 0 radical (unpaired) electrons. The molecule has 136 valence electrons. The quantitative estimate of drug-likeness (QED) is 0.442. The Morgan fingerprint density at radius 1 is 1.07 bits per heavy atom. The number of benzene rings is 2. The number of rotatable bonds is 7. The van der Waals surface area contributed by atoms with Crippen LogP contribution in [0.4, 0.5) is 0 Å². The number of carbonyl (C=O) groups excluding carboxylic acids is 1. The molecule has 4 aromatic rings. The molecule has 1 N–H and O–H groups in total. The van der Waals surface area contributed by atoms with E-state index in [2.05, 4.69) is 22.1 Å². The second-order valence-electron chi connectivity index (χ2n) is 6.38. The van der Waals surface area contributed by atoms with Crippen molar-refractivity contribution in [2.45, 2.75) is 25.9 Å². The molecule has 2 aromatic heterocycles. The first-order chi connectivity index (χ1) is 13.3. The van der Waals surface area contributed by atoms with E-state index in [0.717, 1.165) is 34.6 Å². The number of para-hydroxylation sites is 1. The zero-order valence-corrected chi connectivity index (χ0v) is 15.7. The number of thiazole rings is 1. The molecular formula is C22H20N2O2S. The highest BCUT2D eigenvalue weighted by Crippen LogP contribution is 2.24. The fourth-order valence-electron chi connectivity index (χ4n) is 3.07. The first kappa shape index (κ1) is 17.5. The van der Waals surface area contributed by atoms with Crippen molar-refractivity contribution < 1.29 is 9.53 Å². The lowest BCUT2D eigenvalue weighted by Crippen LogP contribution is -2.05. The smallest absolute Gasteiger partial charge is 0.306 e. The maximum absolute atomic E-state index is 12.0. The fourth-order valence-corrected chi connectivity index (χ4v) is 3.89. The lowest BCUT2D eigenvalue weighted by molar-refractivity contribution is -0.145. The molecule has 0 bridgehead atoms. The van der Waals surface area contributed by atoms with Gasteiger partial charge >= 0.3 is 5.97 Å². The monoisotopic (exact) mass is 376 g/mol. The zero-order chi connectivity index (χ0) is 18.5. The van der Waals surface area contributed by atoms with Crippen LogP contribution in [0, 0.1) is 0 Å². The van der Waals surface area contributed by atoms with Gasteiger partial charge in [-0.1, -0.05) is 48.5 Å². The van der Waals surface area contributed by atoms with Crippen LogP contribution in [0.25, 0.3) is 21.5 Å². The average Bonchev–Trinajstić information content (AvgIpc) is 3.35. The zero-order valence-electron chi connectivity index (χ0n) is 14.9. The van der Waals surface area contributed by atoms with Crippen molar-refractivity contribution in [3.63, 3.8) is 0 Å². The van der Waals surface area contributed by atoms with E-state index in [4.69, 9.17) is 4.74 Å². The number of aryl methyl sites for hydroxylation is 1. The minimum atomic E-state index is -0.177. The van der Waals surface area contributed by atoms with Gasteiger partial charge in [0.2, 0.25) is 0 Å². The van der Waals surface area contributed by atoms with E-state index in [9.17, 15) is 4.79 Å². The Morgan fingerprint density at radius 3 is 2.78 bits per heavy atom. The number of aromatic amines is 1. The van der Waals surface area contributed by atoms with E-state index in [1.165, 1.54) is 10.9 Å². The number of fused-ring (bicyclic) bond motifs is 1. The molecule has 0 aliphatic heterocycles. The number of H-pyrrole nitrogens is 1. The van der Waals surface area contributed by atoms with Gasteiger partial charge < -0.3 is 9.72 Å². The number of esters is 1. The maximum atomic E-state index is 12.0. The van der Waals surface area contributed by atoms with Crippen LogP contribution in [0.2, 0.25) is 0 Å². The molecule has 0 unspecified atom stereocenters. The molecule has 0 atom stereocenters. The van der Waals surface area contributed by atoms with Gasteiger partial charge in [0.15, 0.2) is 0 Å². The van der Waals surface area contributed by atoms with Crippen molar-refractivity contribution in [3.05, 3.63) is 77.4 Å². The minimum absolute atomic E-state index is 0.177. The molecule has 0 fully saturated rings. The van der Waals surface area contributed by atoms with Crippen molar-refractivity contribution in [1.82, 2.24) is 9.97 Å². The van der Waals surface area contributed by atoms with Crippen LogP contribution < -0.4 is 0 Å². The van der Waals surface area contributed by atoms with Crippen molar-refractivity contribution >= 4 is 28.2 Å². The van der Waals surface area contributed by atoms with Gasteiger partial charge in [-0.05, 0) is 24.5 Å². The SMILES string of the molecule is O=C(CCCc1c[nH]c2ccccc12)OCc1csc(-c2ccccc2)n1. The first-order valence-corrected chi connectivity index (χ1v) is 9.88. The number of carbonyl (C=O) groups is 1. The van der Waals surface area contributed by atoms with E-state index in [1.54, 1.807) is 11.3 Å². The van der Waals surface area contributed by atoms with Crippen LogP contribution in [0.5, 0.6) is 0 Å². The maximum Gasteiger partial charge on any atom is 0.306 e. The largest absolute Gasteiger partial charge is 0.459 e. The van der Waals surface area contributed by atoms with Gasteiger partial charge in [-0.25, -0.2) is 4.98 Å². The third-order valence-electron chi connectivity index (χ3n) is 4.46. The molecule has 4 rings (SSSR count). The second-order valence-corrected chi connectivity index (χ2v) is 7.24. The predicted molar refractivity (Wildman–Crippen MR) is 109 cm³/mol. The summed E-state index contributed by atoms with van der Waals surface area (Å²) in [6, 6.07) is 18.2. The van der Waals surface area contributed by atoms with Gasteiger partial charge in [0.25, 0.3) is 0 Å². The molecule has 0 amide bonds. The Morgan fingerprint density at radius 2 is 1.89 bits per heavy atom. The summed E-state index contributed by atoms with van der Waals surface area (Å²) in [6.45, 7) is 0.231. The predicted octanol–water partition coefficient (Wildman–Crippen LogP) is 5.36. The van der Waals surface area contributed by atoms with Gasteiger partial charge in [0.05, 0.1) is 5.69 Å². The van der Waals surface area contributed by atoms with E-state index in [-0.39, 0.29) is 12.6 Å². The Hall–Kier alpha value is -2.92. The van der Waals surface area contributed by atoms with Gasteiger partial charge in [-0.2, -0.15) is 0 Å². The molecule has 0 spiro atoms. The topological polar surface area (TPSA) is 55.0 Å². The number of nitrogens with one attached hydrogen (secondary N) is 1. The van der Waals surface area contributed by atoms with Gasteiger partial charge in [0.1, 0.15) is 11.6 Å². The van der Waals surface area contributed by atoms with Crippen LogP contribution in [0.3, 0.4) is 0 Å². The van der Waals surface area contributed by atoms with E-state index in [1.807, 2.05) is 54.0 Å². The molecule has 0 aliphatic rings. The molecule has 0 aliphatic carbocycles. The fraction of sp³-hybridized carbons (Fsp3) is 0.182. The summed E-state index contributed by atoms with van der Waals surface area (Å²) >= 11 is 1.57. The van der Waals surface area contributed by atoms with Crippen molar-refractivity contribution in [3.8, 4) is 10.6 Å². The minimum Gasteiger partial charge on any atom is -0.459 e. The van der Waals surface area contributed by atoms with Crippen LogP contribution in [-0.4, -0.2) is 15.9 Å². The Bertz CT molecular complexity index is 1040. The van der Waals surface area contributed by atoms with E-state index < -0.39 is 0 Å². The molecule has 0 saturated heterocycles. The average molecular weight is 376 g/mol. The Kier molecular flexibility index (Phi) is 5.30. The molecule has 27 heavy (non-hydrogen) atoms. The summed E-state index contributed by atoms with van der Waals surface area (Å²) in [5, 5.41) is 4.12. The number of ether oxygens (including phenoxy) is 1. The molecule has 5 heteroatoms. The highest BCUT2D eigenvalue weighted by Gasteiger charge is 2.09. The van der Waals surface area contributed by atoms with E-state index >= 15 is 0 Å². The van der Waals surface area contributed by atoms with Crippen LogP contribution in [0.15, 0.2) is 66.2 Å². The third kappa shape index (κ3) is 4.26. The number of aromatic nitrogens is 2. The highest BCUT2D eigenvalue weighted by molar-refractivity contribution is 7.13. The van der Waals surface area contributed by atoms with Crippen molar-refractivity contribution in [2.24, 2.45) is 0 Å². The molecule has 2 heterocycles. The van der Waals surface area contributed by atoms with Crippen LogP contribution in [-0.2, 0) is 22.6 Å². The van der Waals surface area contributed by atoms with Gasteiger partial charge in [0, 0.05) is 34.5 Å². The lowest BCUT2D eigenvalue weighted by Gasteiger charge is -2.03. The van der Waals surface area contributed by atoms with Crippen molar-refractivity contribution in [2.75, 3.05) is 0 Å². The van der Waals surface area contributed by atoms with Gasteiger partial charge in [-0.3, -0.25) is 4.79 Å². The molecular weight excluding hydrogens is 356 g/mol. The summed E-state index contributed by atoms with van der Waals surface area (Å²) in [5.41, 5.74) is 4.25. The number of nitrogens with zero attached hydrogens (tertiary/aromatic N) is 1. The Labute approximate surface area is 161 Å². The summed E-state index contributed by atoms with van der Waals surface area (Å²) < 4.78 is 5.38. The van der Waals surface area contributed by atoms with E-state index in [0.29, 0.717) is 6.42 Å².